The molecule has 0 N–H and O–H groups in total. The summed E-state index contributed by atoms with van der Waals surface area (Å²) >= 11 is 0. The van der Waals surface area contributed by atoms with Crippen molar-refractivity contribution < 1.29 is 23.0 Å². The minimum atomic E-state index is -1.16. The molecule has 0 unspecified atom stereocenters. The molecule has 0 saturated carbocycles. The molecular weight excluding hydrogens is 302 g/mol. The predicted octanol–water partition coefficient (Wildman–Crippen LogP) is 4.27. The first kappa shape index (κ1) is 17.2. The van der Waals surface area contributed by atoms with Crippen LogP contribution in [0.4, 0.5) is 8.78 Å². The molecule has 0 aliphatic rings. The molecule has 0 radical (unpaired) electrons. The zero-order valence-corrected chi connectivity index (χ0v) is 13.0. The number of carbonyl (C=O) groups excluding carboxylic acids is 1. The van der Waals surface area contributed by atoms with Crippen molar-refractivity contribution in [2.75, 3.05) is 13.2 Å². The number of benzene rings is 2. The molecule has 2 rings (SSSR count). The summed E-state index contributed by atoms with van der Waals surface area (Å²) in [5.74, 6) is -2.82. The van der Waals surface area contributed by atoms with E-state index in [-0.39, 0.29) is 11.1 Å². The largest absolute Gasteiger partial charge is 0.349 e. The quantitative estimate of drug-likeness (QED) is 0.564. The van der Waals surface area contributed by atoms with Crippen molar-refractivity contribution in [3.05, 3.63) is 70.8 Å². The zero-order chi connectivity index (χ0) is 16.8. The Hall–Kier alpha value is -2.11. The van der Waals surface area contributed by atoms with E-state index in [9.17, 15) is 13.6 Å². The van der Waals surface area contributed by atoms with Gasteiger partial charge in [-0.05, 0) is 26.0 Å². The fourth-order valence-electron chi connectivity index (χ4n) is 2.26. The van der Waals surface area contributed by atoms with Crippen LogP contribution in [0, 0.1) is 11.6 Å². The standard InChI is InChI=1S/C18H18F2O3/c1-3-22-18(23-4-2)13-9-6-5-8-12(13)17(21)14-10-7-11-15(19)16(14)20/h5-11,18H,3-4H2,1-2H3. The van der Waals surface area contributed by atoms with E-state index in [1.165, 1.54) is 12.1 Å². The molecular formula is C18H18F2O3. The summed E-state index contributed by atoms with van der Waals surface area (Å²) in [7, 11) is 0. The maximum absolute atomic E-state index is 13.9. The Morgan fingerprint density at radius 2 is 1.57 bits per heavy atom. The molecule has 0 saturated heterocycles. The van der Waals surface area contributed by atoms with Crippen LogP contribution >= 0.6 is 0 Å². The molecule has 5 heteroatoms. The Morgan fingerprint density at radius 1 is 0.957 bits per heavy atom. The van der Waals surface area contributed by atoms with E-state index in [2.05, 4.69) is 0 Å². The third-order valence-corrected chi connectivity index (χ3v) is 3.29. The van der Waals surface area contributed by atoms with Crippen LogP contribution in [0.3, 0.4) is 0 Å². The SMILES string of the molecule is CCOC(OCC)c1ccccc1C(=O)c1cccc(F)c1F. The van der Waals surface area contributed by atoms with Gasteiger partial charge in [-0.1, -0.05) is 30.3 Å². The Labute approximate surface area is 133 Å². The van der Waals surface area contributed by atoms with E-state index in [0.29, 0.717) is 18.8 Å². The van der Waals surface area contributed by atoms with Crippen molar-refractivity contribution in [1.82, 2.24) is 0 Å². The van der Waals surface area contributed by atoms with Gasteiger partial charge in [-0.25, -0.2) is 8.78 Å². The number of ether oxygens (including phenoxy) is 2. The minimum Gasteiger partial charge on any atom is -0.349 e. The highest BCUT2D eigenvalue weighted by atomic mass is 19.2. The van der Waals surface area contributed by atoms with Gasteiger partial charge in [0.05, 0.1) is 5.56 Å². The number of hydrogen-bond donors (Lipinski definition) is 0. The number of ketones is 1. The summed E-state index contributed by atoms with van der Waals surface area (Å²) in [4.78, 5) is 12.6. The van der Waals surface area contributed by atoms with Crippen LogP contribution in [-0.2, 0) is 9.47 Å². The Bertz CT molecular complexity index is 680. The van der Waals surface area contributed by atoms with Crippen LogP contribution in [0.5, 0.6) is 0 Å². The van der Waals surface area contributed by atoms with Crippen molar-refractivity contribution >= 4 is 5.78 Å². The highest BCUT2D eigenvalue weighted by molar-refractivity contribution is 6.10. The smallest absolute Gasteiger partial charge is 0.196 e. The lowest BCUT2D eigenvalue weighted by Crippen LogP contribution is -2.15. The number of rotatable bonds is 7. The first-order valence-corrected chi connectivity index (χ1v) is 7.41. The van der Waals surface area contributed by atoms with Gasteiger partial charge in [0.1, 0.15) is 0 Å². The van der Waals surface area contributed by atoms with Crippen molar-refractivity contribution in [3.63, 3.8) is 0 Å². The lowest BCUT2D eigenvalue weighted by molar-refractivity contribution is -0.140. The summed E-state index contributed by atoms with van der Waals surface area (Å²) in [6.07, 6.45) is -0.734. The Kier molecular flexibility index (Phi) is 5.96. The highest BCUT2D eigenvalue weighted by Crippen LogP contribution is 2.26. The summed E-state index contributed by atoms with van der Waals surface area (Å²) in [5.41, 5.74) is 0.401. The van der Waals surface area contributed by atoms with Gasteiger partial charge >= 0.3 is 0 Å². The molecule has 0 aromatic heterocycles. The van der Waals surface area contributed by atoms with Crippen molar-refractivity contribution in [1.29, 1.82) is 0 Å². The van der Waals surface area contributed by atoms with E-state index >= 15 is 0 Å². The number of halogens is 2. The van der Waals surface area contributed by atoms with Crippen LogP contribution < -0.4 is 0 Å². The molecule has 0 atom stereocenters. The average molecular weight is 320 g/mol. The van der Waals surface area contributed by atoms with Gasteiger partial charge in [0, 0.05) is 24.3 Å². The van der Waals surface area contributed by atoms with Crippen molar-refractivity contribution in [2.45, 2.75) is 20.1 Å². The van der Waals surface area contributed by atoms with Crippen LogP contribution in [0.1, 0.15) is 41.6 Å². The maximum Gasteiger partial charge on any atom is 0.196 e. The molecule has 3 nitrogen and oxygen atoms in total. The van der Waals surface area contributed by atoms with E-state index < -0.39 is 23.7 Å². The van der Waals surface area contributed by atoms with Gasteiger partial charge in [0.15, 0.2) is 23.7 Å². The number of carbonyl (C=O) groups is 1. The fourth-order valence-corrected chi connectivity index (χ4v) is 2.26. The molecule has 0 aliphatic heterocycles. The lowest BCUT2D eigenvalue weighted by Gasteiger charge is -2.20. The molecule has 0 bridgehead atoms. The van der Waals surface area contributed by atoms with E-state index in [4.69, 9.17) is 9.47 Å². The Morgan fingerprint density at radius 3 is 2.22 bits per heavy atom. The van der Waals surface area contributed by atoms with Gasteiger partial charge < -0.3 is 9.47 Å². The van der Waals surface area contributed by atoms with Gasteiger partial charge in [-0.2, -0.15) is 0 Å². The Balaban J connectivity index is 2.47. The van der Waals surface area contributed by atoms with Crippen molar-refractivity contribution in [3.8, 4) is 0 Å². The molecule has 23 heavy (non-hydrogen) atoms. The van der Waals surface area contributed by atoms with Gasteiger partial charge in [0.2, 0.25) is 0 Å². The molecule has 0 spiro atoms. The normalized spacial score (nSPS) is 11.0. The molecule has 0 fully saturated rings. The van der Waals surface area contributed by atoms with Crippen LogP contribution in [0.15, 0.2) is 42.5 Å². The highest BCUT2D eigenvalue weighted by Gasteiger charge is 2.23. The summed E-state index contributed by atoms with van der Waals surface area (Å²) in [6, 6.07) is 10.2. The van der Waals surface area contributed by atoms with E-state index in [0.717, 1.165) is 6.07 Å². The molecule has 0 heterocycles. The minimum absolute atomic E-state index is 0.226. The molecule has 2 aromatic carbocycles. The topological polar surface area (TPSA) is 35.5 Å². The first-order chi connectivity index (χ1) is 11.1. The second kappa shape index (κ2) is 7.94. The first-order valence-electron chi connectivity index (χ1n) is 7.41. The molecule has 122 valence electrons. The second-order valence-corrected chi connectivity index (χ2v) is 4.76. The predicted molar refractivity (Wildman–Crippen MR) is 82.2 cm³/mol. The van der Waals surface area contributed by atoms with Crippen LogP contribution in [0.2, 0.25) is 0 Å². The van der Waals surface area contributed by atoms with Crippen molar-refractivity contribution in [2.24, 2.45) is 0 Å². The van der Waals surface area contributed by atoms with Gasteiger partial charge in [0.25, 0.3) is 0 Å². The molecule has 0 amide bonds. The third kappa shape index (κ3) is 3.81. The number of hydrogen-bond acceptors (Lipinski definition) is 3. The average Bonchev–Trinajstić information content (AvgIpc) is 2.56. The summed E-state index contributed by atoms with van der Waals surface area (Å²) < 4.78 is 38.3. The molecule has 0 aliphatic carbocycles. The van der Waals surface area contributed by atoms with Gasteiger partial charge in [-0.15, -0.1) is 0 Å². The summed E-state index contributed by atoms with van der Waals surface area (Å²) in [6.45, 7) is 4.40. The molecule has 2 aromatic rings. The van der Waals surface area contributed by atoms with E-state index in [1.54, 1.807) is 24.3 Å². The second-order valence-electron chi connectivity index (χ2n) is 4.76. The van der Waals surface area contributed by atoms with Crippen LogP contribution in [0.25, 0.3) is 0 Å². The van der Waals surface area contributed by atoms with Crippen LogP contribution in [-0.4, -0.2) is 19.0 Å². The third-order valence-electron chi connectivity index (χ3n) is 3.29. The van der Waals surface area contributed by atoms with E-state index in [1.807, 2.05) is 13.8 Å². The van der Waals surface area contributed by atoms with Gasteiger partial charge in [-0.3, -0.25) is 4.79 Å². The summed E-state index contributed by atoms with van der Waals surface area (Å²) in [5, 5.41) is 0. The zero-order valence-electron chi connectivity index (χ0n) is 13.0. The monoisotopic (exact) mass is 320 g/mol. The fraction of sp³-hybridized carbons (Fsp3) is 0.278. The lowest BCUT2D eigenvalue weighted by atomic mass is 9.97. The maximum atomic E-state index is 13.9.